The number of furan rings is 1. The number of hydrogen-bond donors (Lipinski definition) is 0. The Morgan fingerprint density at radius 1 is 1.06 bits per heavy atom. The molecule has 0 saturated carbocycles. The molecular formula is C28H26O5. The van der Waals surface area contributed by atoms with Gasteiger partial charge in [0.2, 0.25) is 16.9 Å². The molecule has 5 nitrogen and oxygen atoms in total. The molecule has 0 saturated heterocycles. The molecular weight excluding hydrogens is 416 g/mol. The number of hydrogen-bond acceptors (Lipinski definition) is 5. The van der Waals surface area contributed by atoms with Crippen molar-refractivity contribution in [2.75, 3.05) is 0 Å². The molecule has 0 bridgehead atoms. The first-order valence-electron chi connectivity index (χ1n) is 10.9. The quantitative estimate of drug-likeness (QED) is 0.260. The van der Waals surface area contributed by atoms with Crippen molar-refractivity contribution in [3.8, 4) is 17.3 Å². The summed E-state index contributed by atoms with van der Waals surface area (Å²) in [5, 5.41) is 0.356. The van der Waals surface area contributed by atoms with Gasteiger partial charge in [-0.1, -0.05) is 58.0 Å². The van der Waals surface area contributed by atoms with Crippen LogP contribution in [0.4, 0.5) is 0 Å². The zero-order valence-electron chi connectivity index (χ0n) is 19.2. The van der Waals surface area contributed by atoms with Gasteiger partial charge >= 0.3 is 5.97 Å². The third kappa shape index (κ3) is 4.82. The molecule has 4 rings (SSSR count). The molecule has 0 unspecified atom stereocenters. The van der Waals surface area contributed by atoms with E-state index in [9.17, 15) is 9.59 Å². The second kappa shape index (κ2) is 8.94. The molecule has 2 aromatic carbocycles. The van der Waals surface area contributed by atoms with Gasteiger partial charge in [-0.05, 0) is 58.9 Å². The second-order valence-electron chi connectivity index (χ2n) is 8.88. The van der Waals surface area contributed by atoms with Gasteiger partial charge in [-0.15, -0.1) is 0 Å². The lowest BCUT2D eigenvalue weighted by molar-refractivity contribution is -0.129. The second-order valence-corrected chi connectivity index (χ2v) is 8.88. The van der Waals surface area contributed by atoms with Gasteiger partial charge in [0, 0.05) is 6.08 Å². The van der Waals surface area contributed by atoms with Crippen LogP contribution in [-0.4, -0.2) is 5.97 Å². The minimum Gasteiger partial charge on any atom is -0.461 e. The summed E-state index contributed by atoms with van der Waals surface area (Å²) < 4.78 is 16.8. The number of aryl methyl sites for hydroxylation is 1. The summed E-state index contributed by atoms with van der Waals surface area (Å²) >= 11 is 0. The van der Waals surface area contributed by atoms with Crippen molar-refractivity contribution in [2.24, 2.45) is 0 Å². The van der Waals surface area contributed by atoms with Gasteiger partial charge in [-0.25, -0.2) is 4.79 Å². The van der Waals surface area contributed by atoms with Gasteiger partial charge in [-0.2, -0.15) is 0 Å². The van der Waals surface area contributed by atoms with E-state index in [1.807, 2.05) is 37.3 Å². The molecule has 0 aliphatic carbocycles. The molecule has 2 aromatic heterocycles. The third-order valence-corrected chi connectivity index (χ3v) is 5.46. The summed E-state index contributed by atoms with van der Waals surface area (Å²) in [5.74, 6) is -0.486. The monoisotopic (exact) mass is 442 g/mol. The van der Waals surface area contributed by atoms with Crippen LogP contribution in [-0.2, 0) is 16.6 Å². The maximum Gasteiger partial charge on any atom is 0.336 e. The summed E-state index contributed by atoms with van der Waals surface area (Å²) in [6.45, 7) is 8.43. The summed E-state index contributed by atoms with van der Waals surface area (Å²) in [6, 6.07) is 16.7. The van der Waals surface area contributed by atoms with Gasteiger partial charge in [0.1, 0.15) is 5.58 Å². The SMILES string of the molecule is CCc1ccc2oc(-c3ccco3)c(OC(=O)/C=C/c3ccc(C(C)(C)C)cc3)c(=O)c2c1. The molecule has 5 heteroatoms. The molecule has 0 radical (unpaired) electrons. The zero-order valence-corrected chi connectivity index (χ0v) is 19.2. The van der Waals surface area contributed by atoms with Crippen molar-refractivity contribution in [1.82, 2.24) is 0 Å². The van der Waals surface area contributed by atoms with Gasteiger partial charge in [0.05, 0.1) is 11.6 Å². The molecule has 0 N–H and O–H groups in total. The largest absolute Gasteiger partial charge is 0.461 e. The number of benzene rings is 2. The topological polar surface area (TPSA) is 69.7 Å². The van der Waals surface area contributed by atoms with Crippen molar-refractivity contribution in [3.05, 3.63) is 93.9 Å². The third-order valence-electron chi connectivity index (χ3n) is 5.46. The lowest BCUT2D eigenvalue weighted by atomic mass is 9.87. The van der Waals surface area contributed by atoms with Crippen molar-refractivity contribution >= 4 is 23.0 Å². The highest BCUT2D eigenvalue weighted by molar-refractivity contribution is 5.91. The molecule has 2 heterocycles. The van der Waals surface area contributed by atoms with Crippen molar-refractivity contribution in [1.29, 1.82) is 0 Å². The minimum absolute atomic E-state index is 0.0468. The predicted molar refractivity (Wildman–Crippen MR) is 129 cm³/mol. The first-order valence-corrected chi connectivity index (χ1v) is 10.9. The van der Waals surface area contributed by atoms with Crippen LogP contribution in [0, 0.1) is 0 Å². The predicted octanol–water partition coefficient (Wildman–Crippen LogP) is 6.53. The molecule has 4 aromatic rings. The average molecular weight is 443 g/mol. The number of ether oxygens (including phenoxy) is 1. The lowest BCUT2D eigenvalue weighted by Gasteiger charge is -2.18. The fraction of sp³-hybridized carbons (Fsp3) is 0.214. The Hall–Kier alpha value is -3.86. The number of esters is 1. The van der Waals surface area contributed by atoms with E-state index < -0.39 is 11.4 Å². The molecule has 0 spiro atoms. The smallest absolute Gasteiger partial charge is 0.336 e. The van der Waals surface area contributed by atoms with E-state index in [2.05, 4.69) is 20.8 Å². The van der Waals surface area contributed by atoms with Gasteiger partial charge in [0.15, 0.2) is 5.76 Å². The van der Waals surface area contributed by atoms with E-state index in [-0.39, 0.29) is 16.9 Å². The van der Waals surface area contributed by atoms with Gasteiger partial charge in [0.25, 0.3) is 0 Å². The minimum atomic E-state index is -0.680. The van der Waals surface area contributed by atoms with Crippen LogP contribution in [0.2, 0.25) is 0 Å². The maximum atomic E-state index is 13.3. The number of carbonyl (C=O) groups excluding carboxylic acids is 1. The standard InChI is InChI=1S/C28H26O5/c1-5-18-10-14-22-21(17-18)25(30)27(26(32-22)23-7-6-16-31-23)33-24(29)15-11-19-8-12-20(13-9-19)28(2,3)4/h6-17H,5H2,1-4H3/b15-11+. The van der Waals surface area contributed by atoms with E-state index >= 15 is 0 Å². The Bertz CT molecular complexity index is 1370. The molecule has 0 atom stereocenters. The Balaban J connectivity index is 1.67. The first-order chi connectivity index (χ1) is 15.8. The highest BCUT2D eigenvalue weighted by atomic mass is 16.5. The Kier molecular flexibility index (Phi) is 6.05. The summed E-state index contributed by atoms with van der Waals surface area (Å²) in [6.07, 6.45) is 5.18. The molecule has 0 aliphatic heterocycles. The van der Waals surface area contributed by atoms with Gasteiger partial charge in [-0.3, -0.25) is 4.79 Å². The van der Waals surface area contributed by atoms with E-state index in [0.29, 0.717) is 16.7 Å². The van der Waals surface area contributed by atoms with Gasteiger partial charge < -0.3 is 13.6 Å². The molecule has 33 heavy (non-hydrogen) atoms. The van der Waals surface area contributed by atoms with Crippen molar-refractivity contribution in [2.45, 2.75) is 39.5 Å². The van der Waals surface area contributed by atoms with Crippen LogP contribution in [0.5, 0.6) is 5.75 Å². The first kappa shape index (κ1) is 22.3. The molecule has 168 valence electrons. The van der Waals surface area contributed by atoms with E-state index in [1.165, 1.54) is 17.9 Å². The highest BCUT2D eigenvalue weighted by Crippen LogP contribution is 2.32. The van der Waals surface area contributed by atoms with E-state index in [1.54, 1.807) is 30.3 Å². The van der Waals surface area contributed by atoms with Crippen LogP contribution >= 0.6 is 0 Å². The van der Waals surface area contributed by atoms with Crippen LogP contribution in [0.15, 0.2) is 80.6 Å². The normalized spacial score (nSPS) is 11.9. The van der Waals surface area contributed by atoms with Crippen LogP contribution in [0.3, 0.4) is 0 Å². The van der Waals surface area contributed by atoms with Crippen LogP contribution in [0.25, 0.3) is 28.6 Å². The van der Waals surface area contributed by atoms with E-state index in [0.717, 1.165) is 17.5 Å². The Morgan fingerprint density at radius 2 is 1.82 bits per heavy atom. The summed E-state index contributed by atoms with van der Waals surface area (Å²) in [7, 11) is 0. The van der Waals surface area contributed by atoms with Crippen molar-refractivity contribution in [3.63, 3.8) is 0 Å². The van der Waals surface area contributed by atoms with E-state index in [4.69, 9.17) is 13.6 Å². The maximum absolute atomic E-state index is 13.3. The zero-order chi connectivity index (χ0) is 23.6. The van der Waals surface area contributed by atoms with Crippen molar-refractivity contribution < 1.29 is 18.4 Å². The number of rotatable bonds is 5. The fourth-order valence-electron chi connectivity index (χ4n) is 3.50. The molecule has 0 aliphatic rings. The lowest BCUT2D eigenvalue weighted by Crippen LogP contribution is -2.14. The summed E-state index contributed by atoms with van der Waals surface area (Å²) in [5.41, 5.74) is 3.06. The summed E-state index contributed by atoms with van der Waals surface area (Å²) in [4.78, 5) is 25.9. The molecule has 0 fully saturated rings. The fourth-order valence-corrected chi connectivity index (χ4v) is 3.50. The average Bonchev–Trinajstić information content (AvgIpc) is 3.33. The highest BCUT2D eigenvalue weighted by Gasteiger charge is 2.22. The van der Waals surface area contributed by atoms with Crippen LogP contribution in [0.1, 0.15) is 44.4 Å². The number of fused-ring (bicyclic) bond motifs is 1. The Morgan fingerprint density at radius 3 is 2.45 bits per heavy atom. The Labute approximate surface area is 192 Å². The molecule has 0 amide bonds. The number of carbonyl (C=O) groups is 1. The van der Waals surface area contributed by atoms with Crippen LogP contribution < -0.4 is 10.2 Å².